The number of hydrogen-bond donors (Lipinski definition) is 1. The van der Waals surface area contributed by atoms with Crippen molar-refractivity contribution in [1.29, 1.82) is 0 Å². The molecule has 1 N–H and O–H groups in total. The fraction of sp³-hybridized carbons (Fsp3) is 0.692. The Hall–Kier alpha value is -1.40. The van der Waals surface area contributed by atoms with Crippen LogP contribution in [0.2, 0.25) is 0 Å². The molecule has 0 aromatic rings. The third-order valence-corrected chi connectivity index (χ3v) is 2.87. The van der Waals surface area contributed by atoms with Gasteiger partial charge >= 0.3 is 5.97 Å². The smallest absolute Gasteiger partial charge is 0.332 e. The number of carbonyl (C=O) groups is 2. The van der Waals surface area contributed by atoms with E-state index < -0.39 is 0 Å². The van der Waals surface area contributed by atoms with E-state index in [1.165, 1.54) is 0 Å². The van der Waals surface area contributed by atoms with Crippen LogP contribution in [0.5, 0.6) is 0 Å². The van der Waals surface area contributed by atoms with Crippen LogP contribution in [-0.2, 0) is 19.1 Å². The predicted octanol–water partition coefficient (Wildman–Crippen LogP) is 0.106. The second-order valence-electron chi connectivity index (χ2n) is 4.21. The number of amides is 1. The molecule has 0 spiro atoms. The van der Waals surface area contributed by atoms with E-state index in [0.29, 0.717) is 32.6 Å². The molecule has 1 aliphatic heterocycles. The minimum absolute atomic E-state index is 0.00105. The van der Waals surface area contributed by atoms with Crippen molar-refractivity contribution in [2.45, 2.75) is 25.8 Å². The Morgan fingerprint density at radius 2 is 2.32 bits per heavy atom. The van der Waals surface area contributed by atoms with Crippen LogP contribution in [-0.4, -0.2) is 60.9 Å². The Kier molecular flexibility index (Phi) is 7.14. The van der Waals surface area contributed by atoms with Gasteiger partial charge in [0.1, 0.15) is 6.61 Å². The molecule has 0 unspecified atom stereocenters. The molecule has 1 fully saturated rings. The summed E-state index contributed by atoms with van der Waals surface area (Å²) in [5, 5.41) is 9.11. The number of aliphatic hydroxyl groups is 1. The maximum absolute atomic E-state index is 11.5. The van der Waals surface area contributed by atoms with Gasteiger partial charge < -0.3 is 19.5 Å². The number of nitrogens with zero attached hydrogens (tertiary/aromatic N) is 1. The third-order valence-electron chi connectivity index (χ3n) is 2.87. The molecule has 0 aliphatic carbocycles. The Balaban J connectivity index is 2.16. The highest BCUT2D eigenvalue weighted by Gasteiger charge is 2.28. The normalized spacial score (nSPS) is 19.4. The number of rotatable bonds is 8. The molecule has 1 atom stereocenters. The van der Waals surface area contributed by atoms with Crippen molar-refractivity contribution < 1.29 is 24.2 Å². The fourth-order valence-electron chi connectivity index (χ4n) is 1.90. The molecule has 1 heterocycles. The standard InChI is InChI=1S/C13H21NO5/c1-2-19-13(17)10-18-8-4-3-7-14-11(9-15)5-6-12(14)16/h3-4,11,15H,2,5-10H2,1H3/b4-3-/t11-/m1/s1. The summed E-state index contributed by atoms with van der Waals surface area (Å²) >= 11 is 0. The summed E-state index contributed by atoms with van der Waals surface area (Å²) < 4.78 is 9.78. The van der Waals surface area contributed by atoms with Crippen molar-refractivity contribution in [2.24, 2.45) is 0 Å². The number of aliphatic hydroxyl groups excluding tert-OH is 1. The highest BCUT2D eigenvalue weighted by molar-refractivity contribution is 5.78. The van der Waals surface area contributed by atoms with Crippen molar-refractivity contribution in [3.63, 3.8) is 0 Å². The van der Waals surface area contributed by atoms with Gasteiger partial charge in [-0.05, 0) is 13.3 Å². The highest BCUT2D eigenvalue weighted by Crippen LogP contribution is 2.17. The lowest BCUT2D eigenvalue weighted by Crippen LogP contribution is -2.35. The Morgan fingerprint density at radius 3 is 3.00 bits per heavy atom. The first-order valence-corrected chi connectivity index (χ1v) is 6.47. The van der Waals surface area contributed by atoms with Crippen LogP contribution in [0.15, 0.2) is 12.2 Å². The summed E-state index contributed by atoms with van der Waals surface area (Å²) in [6, 6.07) is -0.0717. The van der Waals surface area contributed by atoms with Gasteiger partial charge in [0.15, 0.2) is 0 Å². The predicted molar refractivity (Wildman–Crippen MR) is 68.4 cm³/mol. The zero-order valence-electron chi connectivity index (χ0n) is 11.2. The third kappa shape index (κ3) is 5.40. The first-order chi connectivity index (χ1) is 9.19. The summed E-state index contributed by atoms with van der Waals surface area (Å²) in [6.07, 6.45) is 4.76. The summed E-state index contributed by atoms with van der Waals surface area (Å²) in [4.78, 5) is 24.1. The van der Waals surface area contributed by atoms with Crippen LogP contribution in [0.3, 0.4) is 0 Å². The minimum atomic E-state index is -0.383. The number of hydrogen-bond acceptors (Lipinski definition) is 5. The molecule has 0 saturated carbocycles. The molecule has 108 valence electrons. The molecule has 1 amide bonds. The molecule has 19 heavy (non-hydrogen) atoms. The van der Waals surface area contributed by atoms with E-state index in [0.717, 1.165) is 0 Å². The van der Waals surface area contributed by atoms with Crippen molar-refractivity contribution in [2.75, 3.05) is 33.0 Å². The Bertz CT molecular complexity index is 329. The van der Waals surface area contributed by atoms with E-state index in [4.69, 9.17) is 14.6 Å². The van der Waals surface area contributed by atoms with E-state index in [1.807, 2.05) is 0 Å². The van der Waals surface area contributed by atoms with Gasteiger partial charge in [-0.15, -0.1) is 0 Å². The van der Waals surface area contributed by atoms with Crippen LogP contribution >= 0.6 is 0 Å². The van der Waals surface area contributed by atoms with Crippen LogP contribution in [0, 0.1) is 0 Å². The Labute approximate surface area is 113 Å². The quantitative estimate of drug-likeness (QED) is 0.385. The van der Waals surface area contributed by atoms with E-state index in [-0.39, 0.29) is 31.1 Å². The number of likely N-dealkylation sites (tertiary alicyclic amines) is 1. The van der Waals surface area contributed by atoms with Gasteiger partial charge in [0, 0.05) is 13.0 Å². The molecule has 6 nitrogen and oxygen atoms in total. The second kappa shape index (κ2) is 8.66. The van der Waals surface area contributed by atoms with E-state index in [1.54, 1.807) is 24.0 Å². The van der Waals surface area contributed by atoms with Crippen LogP contribution < -0.4 is 0 Å². The monoisotopic (exact) mass is 271 g/mol. The van der Waals surface area contributed by atoms with Crippen molar-refractivity contribution in [3.05, 3.63) is 12.2 Å². The van der Waals surface area contributed by atoms with E-state index in [9.17, 15) is 9.59 Å². The highest BCUT2D eigenvalue weighted by atomic mass is 16.6. The van der Waals surface area contributed by atoms with Crippen LogP contribution in [0.1, 0.15) is 19.8 Å². The zero-order valence-corrected chi connectivity index (χ0v) is 11.2. The molecular weight excluding hydrogens is 250 g/mol. The molecular formula is C13H21NO5. The van der Waals surface area contributed by atoms with Gasteiger partial charge in [0.05, 0.1) is 25.9 Å². The maximum Gasteiger partial charge on any atom is 0.332 e. The van der Waals surface area contributed by atoms with Crippen LogP contribution in [0.4, 0.5) is 0 Å². The molecule has 1 saturated heterocycles. The topological polar surface area (TPSA) is 76.1 Å². The number of carbonyl (C=O) groups excluding carboxylic acids is 2. The summed E-state index contributed by atoms with van der Waals surface area (Å²) in [5.41, 5.74) is 0. The van der Waals surface area contributed by atoms with E-state index >= 15 is 0 Å². The number of esters is 1. The second-order valence-corrected chi connectivity index (χ2v) is 4.21. The molecule has 0 aromatic heterocycles. The van der Waals surface area contributed by atoms with E-state index in [2.05, 4.69) is 0 Å². The van der Waals surface area contributed by atoms with Gasteiger partial charge in [-0.25, -0.2) is 4.79 Å². The molecule has 6 heteroatoms. The lowest BCUT2D eigenvalue weighted by molar-refractivity contribution is -0.147. The summed E-state index contributed by atoms with van der Waals surface area (Å²) in [5.74, 6) is -0.317. The first-order valence-electron chi connectivity index (χ1n) is 6.47. The number of ether oxygens (including phenoxy) is 2. The van der Waals surface area contributed by atoms with Crippen molar-refractivity contribution >= 4 is 11.9 Å². The van der Waals surface area contributed by atoms with Gasteiger partial charge in [0.25, 0.3) is 0 Å². The molecule has 0 radical (unpaired) electrons. The SMILES string of the molecule is CCOC(=O)COC/C=C\CN1C(=O)CC[C@@H]1CO. The van der Waals surface area contributed by atoms with Gasteiger partial charge in [0.2, 0.25) is 5.91 Å². The molecule has 1 aliphatic rings. The largest absolute Gasteiger partial charge is 0.464 e. The molecule has 0 aromatic carbocycles. The van der Waals surface area contributed by atoms with Crippen molar-refractivity contribution in [3.8, 4) is 0 Å². The summed E-state index contributed by atoms with van der Waals surface area (Å²) in [6.45, 7) is 2.77. The van der Waals surface area contributed by atoms with Crippen molar-refractivity contribution in [1.82, 2.24) is 4.90 Å². The minimum Gasteiger partial charge on any atom is -0.464 e. The van der Waals surface area contributed by atoms with Gasteiger partial charge in [-0.1, -0.05) is 12.2 Å². The Morgan fingerprint density at radius 1 is 1.53 bits per heavy atom. The average Bonchev–Trinajstić information content (AvgIpc) is 2.75. The first kappa shape index (κ1) is 15.7. The van der Waals surface area contributed by atoms with Gasteiger partial charge in [-0.3, -0.25) is 4.79 Å². The fourth-order valence-corrected chi connectivity index (χ4v) is 1.90. The van der Waals surface area contributed by atoms with Gasteiger partial charge in [-0.2, -0.15) is 0 Å². The lowest BCUT2D eigenvalue weighted by atomic mass is 10.2. The lowest BCUT2D eigenvalue weighted by Gasteiger charge is -2.21. The summed E-state index contributed by atoms with van der Waals surface area (Å²) in [7, 11) is 0. The molecule has 0 bridgehead atoms. The maximum atomic E-state index is 11.5. The van der Waals surface area contributed by atoms with Crippen LogP contribution in [0.25, 0.3) is 0 Å². The molecule has 1 rings (SSSR count). The average molecular weight is 271 g/mol. The zero-order chi connectivity index (χ0) is 14.1.